The number of hydrogen-bond donors (Lipinski definition) is 0. The third-order valence-electron chi connectivity index (χ3n) is 2.85. The highest BCUT2D eigenvalue weighted by Crippen LogP contribution is 2.34. The Kier molecular flexibility index (Phi) is 4.35. The van der Waals surface area contributed by atoms with Crippen LogP contribution in [0.4, 0.5) is 13.2 Å². The van der Waals surface area contributed by atoms with Gasteiger partial charge in [-0.3, -0.25) is 9.20 Å². The Balaban J connectivity index is 1.81. The van der Waals surface area contributed by atoms with E-state index in [0.717, 1.165) is 24.0 Å². The summed E-state index contributed by atoms with van der Waals surface area (Å²) < 4.78 is 39.1. The molecule has 0 N–H and O–H groups in total. The van der Waals surface area contributed by atoms with E-state index in [4.69, 9.17) is 11.6 Å². The van der Waals surface area contributed by atoms with Crippen LogP contribution in [0, 0.1) is 0 Å². The summed E-state index contributed by atoms with van der Waals surface area (Å²) in [5.74, 6) is 0.279. The molecule has 0 spiro atoms. The molecule has 23 heavy (non-hydrogen) atoms. The topological polar surface area (TPSA) is 47.3 Å². The van der Waals surface area contributed by atoms with Crippen LogP contribution in [0.15, 0.2) is 39.7 Å². The van der Waals surface area contributed by atoms with Crippen LogP contribution in [-0.4, -0.2) is 14.4 Å². The average Bonchev–Trinajstić information content (AvgIpc) is 2.94. The molecule has 120 valence electrons. The number of alkyl halides is 3. The molecule has 3 aromatic rings. The van der Waals surface area contributed by atoms with Gasteiger partial charge in [0.25, 0.3) is 5.56 Å². The third-order valence-corrected chi connectivity index (χ3v) is 5.04. The molecule has 0 unspecified atom stereocenters. The molecule has 0 saturated heterocycles. The van der Waals surface area contributed by atoms with Gasteiger partial charge in [0.05, 0.1) is 16.3 Å². The number of pyridine rings is 1. The van der Waals surface area contributed by atoms with Gasteiger partial charge in [0.15, 0.2) is 4.96 Å². The van der Waals surface area contributed by atoms with Gasteiger partial charge in [-0.2, -0.15) is 13.2 Å². The van der Waals surface area contributed by atoms with E-state index in [0.29, 0.717) is 10.7 Å². The monoisotopic (exact) mass is 377 g/mol. The van der Waals surface area contributed by atoms with Crippen molar-refractivity contribution in [2.24, 2.45) is 0 Å². The predicted molar refractivity (Wildman–Crippen MR) is 83.1 cm³/mol. The van der Waals surface area contributed by atoms with Crippen molar-refractivity contribution in [3.05, 3.63) is 56.5 Å². The van der Waals surface area contributed by atoms with Crippen LogP contribution < -0.4 is 5.56 Å². The SMILES string of the molecule is O=c1cc(CSc2ncc(C(F)(F)F)cc2Cl)nc2sccn12. The minimum absolute atomic E-state index is 0.0845. The molecule has 10 heteroatoms. The van der Waals surface area contributed by atoms with Gasteiger partial charge in [-0.25, -0.2) is 9.97 Å². The zero-order valence-electron chi connectivity index (χ0n) is 11.2. The number of thiazole rings is 1. The lowest BCUT2D eigenvalue weighted by atomic mass is 10.3. The van der Waals surface area contributed by atoms with E-state index in [1.807, 2.05) is 0 Å². The Labute approximate surface area is 141 Å². The predicted octanol–water partition coefficient (Wildman–Crippen LogP) is 4.12. The van der Waals surface area contributed by atoms with Crippen molar-refractivity contribution in [2.45, 2.75) is 17.0 Å². The van der Waals surface area contributed by atoms with Crippen LogP contribution in [0.3, 0.4) is 0 Å². The summed E-state index contributed by atoms with van der Waals surface area (Å²) in [6, 6.07) is 2.21. The fraction of sp³-hybridized carbons (Fsp3) is 0.154. The Morgan fingerprint density at radius 2 is 2.13 bits per heavy atom. The summed E-state index contributed by atoms with van der Waals surface area (Å²) in [6.07, 6.45) is -2.13. The zero-order valence-corrected chi connectivity index (χ0v) is 13.6. The molecule has 0 atom stereocenters. The first-order valence-corrected chi connectivity index (χ1v) is 8.40. The molecule has 0 saturated carbocycles. The van der Waals surface area contributed by atoms with Crippen molar-refractivity contribution in [3.8, 4) is 0 Å². The second-order valence-corrected chi connectivity index (χ2v) is 6.68. The molecule has 0 aromatic carbocycles. The van der Waals surface area contributed by atoms with Gasteiger partial charge in [-0.15, -0.1) is 11.3 Å². The van der Waals surface area contributed by atoms with E-state index >= 15 is 0 Å². The Morgan fingerprint density at radius 3 is 2.83 bits per heavy atom. The summed E-state index contributed by atoms with van der Waals surface area (Å²) in [5, 5.41) is 1.92. The van der Waals surface area contributed by atoms with E-state index in [9.17, 15) is 18.0 Å². The van der Waals surface area contributed by atoms with Crippen LogP contribution in [0.1, 0.15) is 11.3 Å². The maximum Gasteiger partial charge on any atom is 0.417 e. The quantitative estimate of drug-likeness (QED) is 0.644. The van der Waals surface area contributed by atoms with Gasteiger partial charge in [-0.05, 0) is 6.07 Å². The summed E-state index contributed by atoms with van der Waals surface area (Å²) in [5.41, 5.74) is -0.596. The third kappa shape index (κ3) is 3.51. The van der Waals surface area contributed by atoms with Crippen LogP contribution in [-0.2, 0) is 11.9 Å². The maximum absolute atomic E-state index is 12.6. The van der Waals surface area contributed by atoms with Gasteiger partial charge in [0, 0.05) is 29.6 Å². The molecule has 0 amide bonds. The Hall–Kier alpha value is -1.58. The van der Waals surface area contributed by atoms with Crippen molar-refractivity contribution in [1.29, 1.82) is 0 Å². The lowest BCUT2D eigenvalue weighted by Crippen LogP contribution is -2.12. The fourth-order valence-electron chi connectivity index (χ4n) is 1.79. The van der Waals surface area contributed by atoms with Crippen molar-refractivity contribution < 1.29 is 13.2 Å². The highest BCUT2D eigenvalue weighted by molar-refractivity contribution is 7.98. The molecule has 0 aliphatic rings. The molecule has 3 rings (SSSR count). The van der Waals surface area contributed by atoms with Crippen molar-refractivity contribution >= 4 is 39.7 Å². The lowest BCUT2D eigenvalue weighted by Gasteiger charge is -2.08. The second kappa shape index (κ2) is 6.14. The normalized spacial score (nSPS) is 12.0. The number of fused-ring (bicyclic) bond motifs is 1. The molecule has 4 nitrogen and oxygen atoms in total. The van der Waals surface area contributed by atoms with Crippen LogP contribution in [0.25, 0.3) is 4.96 Å². The van der Waals surface area contributed by atoms with Gasteiger partial charge < -0.3 is 0 Å². The second-order valence-electron chi connectivity index (χ2n) is 4.44. The number of thioether (sulfide) groups is 1. The minimum Gasteiger partial charge on any atom is -0.269 e. The summed E-state index contributed by atoms with van der Waals surface area (Å²) in [6.45, 7) is 0. The average molecular weight is 378 g/mol. The summed E-state index contributed by atoms with van der Waals surface area (Å²) in [7, 11) is 0. The first kappa shape index (κ1) is 16.3. The zero-order chi connectivity index (χ0) is 16.6. The lowest BCUT2D eigenvalue weighted by molar-refractivity contribution is -0.137. The molecule has 0 aliphatic carbocycles. The molecular weight excluding hydrogens is 371 g/mol. The first-order valence-electron chi connectivity index (χ1n) is 6.16. The highest BCUT2D eigenvalue weighted by Gasteiger charge is 2.31. The van der Waals surface area contributed by atoms with Crippen molar-refractivity contribution in [1.82, 2.24) is 14.4 Å². The Morgan fingerprint density at radius 1 is 1.35 bits per heavy atom. The number of hydrogen-bond acceptors (Lipinski definition) is 5. The van der Waals surface area contributed by atoms with Crippen LogP contribution in [0.5, 0.6) is 0 Å². The first-order chi connectivity index (χ1) is 10.8. The maximum atomic E-state index is 12.6. The van der Waals surface area contributed by atoms with Crippen molar-refractivity contribution in [2.75, 3.05) is 0 Å². The van der Waals surface area contributed by atoms with Gasteiger partial charge in [0.2, 0.25) is 0 Å². The number of halogens is 4. The fourth-order valence-corrected chi connectivity index (χ4v) is 3.62. The smallest absolute Gasteiger partial charge is 0.269 e. The molecule has 0 fully saturated rings. The molecular formula is C13H7ClF3N3OS2. The molecule has 0 bridgehead atoms. The minimum atomic E-state index is -4.49. The van der Waals surface area contributed by atoms with E-state index < -0.39 is 11.7 Å². The van der Waals surface area contributed by atoms with Gasteiger partial charge in [0.1, 0.15) is 5.03 Å². The highest BCUT2D eigenvalue weighted by atomic mass is 35.5. The van der Waals surface area contributed by atoms with E-state index in [-0.39, 0.29) is 21.4 Å². The van der Waals surface area contributed by atoms with Gasteiger partial charge >= 0.3 is 6.18 Å². The number of aromatic nitrogens is 3. The molecule has 0 radical (unpaired) electrons. The van der Waals surface area contributed by atoms with E-state index in [1.54, 1.807) is 11.6 Å². The molecule has 3 aromatic heterocycles. The van der Waals surface area contributed by atoms with Crippen LogP contribution >= 0.6 is 34.7 Å². The van der Waals surface area contributed by atoms with Gasteiger partial charge in [-0.1, -0.05) is 23.4 Å². The number of nitrogens with zero attached hydrogens (tertiary/aromatic N) is 3. The molecule has 3 heterocycles. The van der Waals surface area contributed by atoms with Crippen molar-refractivity contribution in [3.63, 3.8) is 0 Å². The number of rotatable bonds is 3. The summed E-state index contributed by atoms with van der Waals surface area (Å²) in [4.78, 5) is 20.4. The summed E-state index contributed by atoms with van der Waals surface area (Å²) >= 11 is 8.29. The van der Waals surface area contributed by atoms with E-state index in [2.05, 4.69) is 9.97 Å². The largest absolute Gasteiger partial charge is 0.417 e. The standard InChI is InChI=1S/C13H7ClF3N3OS2/c14-9-3-7(13(15,16)17)5-18-11(9)23-6-8-4-10(21)20-1-2-22-12(20)19-8/h1-5H,6H2. The Bertz CT molecular complexity index is 923. The van der Waals surface area contributed by atoms with E-state index in [1.165, 1.54) is 21.8 Å². The molecule has 0 aliphatic heterocycles. The van der Waals surface area contributed by atoms with Crippen LogP contribution in [0.2, 0.25) is 5.02 Å².